The molecule has 10 aromatic rings. The van der Waals surface area contributed by atoms with Crippen molar-refractivity contribution in [2.75, 3.05) is 42.5 Å². The molecule has 14 aliphatic heterocycles. The first-order valence-corrected chi connectivity index (χ1v) is 53.2. The van der Waals surface area contributed by atoms with Crippen LogP contribution in [0.1, 0.15) is 247 Å². The predicted octanol–water partition coefficient (Wildman–Crippen LogP) is 19.8. The Morgan fingerprint density at radius 1 is 0.399 bits per heavy atom. The maximum absolute atomic E-state index is 12.4. The van der Waals surface area contributed by atoms with E-state index in [1.54, 1.807) is 46.6 Å². The molecule has 13 saturated heterocycles. The van der Waals surface area contributed by atoms with E-state index in [4.69, 9.17) is 18.9 Å². The van der Waals surface area contributed by atoms with Crippen LogP contribution in [0.25, 0.3) is 5.57 Å². The molecule has 0 aliphatic carbocycles. The van der Waals surface area contributed by atoms with Gasteiger partial charge in [0.05, 0.1) is 34.0 Å². The zero-order valence-electron chi connectivity index (χ0n) is 84.0. The number of hydrogen-bond donors (Lipinski definition) is 5. The molecule has 0 spiro atoms. The van der Waals surface area contributed by atoms with E-state index >= 15 is 0 Å². The van der Waals surface area contributed by atoms with Crippen LogP contribution < -0.4 is 50.7 Å². The van der Waals surface area contributed by atoms with Crippen molar-refractivity contribution < 1.29 is 81.8 Å². The van der Waals surface area contributed by atoms with Gasteiger partial charge in [0.25, 0.3) is 0 Å². The third kappa shape index (κ3) is 28.2. The third-order valence-corrected chi connectivity index (χ3v) is 33.9. The standard InChI is InChI=1S/C21H25NO2.C21H23NO.C15H18F3NO3S.2C14H19NO.C14H17NO.C13H17NO.C7H7O.BrH.Mg/c1-24-20-9-5-8-17(12-20)21(23)13-18-10-11-19(14-21)22(18)15-16-6-3-2-4-7-16;1-23-21-9-5-8-17(14-21)18-12-19-10-11-20(13-18)22(19)15-16-6-3-2-4-7-16;1-19-12-5-6-13(19)8-11(7-12)10-3-2-4-14(9-10)22-23(20,21)15(16,17)18;1-16-14-4-2-3-10(9-14)11-7-12-5-6-13(8-11)15-12;1-15-12-5-6-13(15)8-11(7-12)10-3-2-4-14(16)9-10;16-14-8-12-6-7-13(9-14)15(12)10-11-4-2-1-3-5-11;15-13-3-1-2-9(8-13)10-6-11-4-5-12(7-10)14-11;1-8-7-5-3-2-4-6-7;;/h2-9,12,18-19,23H,10-11,13-15H2,1H3;2-9,12,14,19-20H,10-11,13,15H2,1H3;2-4,9,11-13H,5-8H2,1H3;2-4,9,11-13,15H,5-8H2,1H3;2-4,9,11-13,16H,5-8H2,1H3;1-5,12-13H,6-10H2;1-3,8,10-12,14-15H,4-7H2;2-3,5-6H,1H3;1H;/q;;;;;;;-1;;+2/p-1/t;;3*11?,12-,13+;;10?,11-,12+;;;. The van der Waals surface area contributed by atoms with E-state index < -0.39 is 21.2 Å². The van der Waals surface area contributed by atoms with Crippen molar-refractivity contribution in [1.82, 2.24) is 35.1 Å². The first kappa shape index (κ1) is 108. The summed E-state index contributed by atoms with van der Waals surface area (Å²) in [7, 11) is 5.54. The Morgan fingerprint density at radius 2 is 0.762 bits per heavy atom. The van der Waals surface area contributed by atoms with E-state index in [1.165, 1.54) is 178 Å². The van der Waals surface area contributed by atoms with Gasteiger partial charge in [0.15, 0.2) is 0 Å². The van der Waals surface area contributed by atoms with Crippen molar-refractivity contribution in [3.05, 3.63) is 323 Å². The van der Waals surface area contributed by atoms with Gasteiger partial charge in [0.2, 0.25) is 0 Å². The molecule has 0 aromatic heterocycles. The molecule has 13 fully saturated rings. The normalized spacial score (nSPS) is 28.3. The molecule has 14 aliphatic rings. The number of aromatic hydroxyl groups is 2. The first-order valence-electron chi connectivity index (χ1n) is 51.8. The maximum atomic E-state index is 12.4. The van der Waals surface area contributed by atoms with E-state index in [9.17, 15) is 41.7 Å². The number of ketones is 1. The topological polar surface area (TPSA) is 198 Å². The molecule has 14 bridgehead atoms. The number of Topliss-reactive ketones (excluding diaryl/α,β-unsaturated/α-hetero) is 1. The number of nitrogens with zero attached hydrogens (tertiary/aromatic N) is 5. The number of aliphatic hydroxyl groups is 1. The molecule has 0 radical (unpaired) electrons. The van der Waals surface area contributed by atoms with E-state index in [2.05, 4.69) is 205 Å². The summed E-state index contributed by atoms with van der Waals surface area (Å²) in [6.07, 6.45) is 34.0. The molecule has 5 N–H and O–H groups in total. The SMILES string of the molecule is CN1[C@@H]2CC[C@H]1CC(c1cccc(O)c1)C2.CN1[C@@H]2CC[C@H]1CC(c1cccc(OS(=O)(=O)C(F)(F)F)c1)C2.COc1c[c-]ccc1.COc1cccc(C2(O)CC3CCC(C2)N3Cc2ccccc2)c1.COc1cccc(C2=CC3CCC(C2)N3Cc2ccccc2)c1.COc1cccc(C2C[C@H]3CC[C@@H](C2)N3)c1.O=C1CC2CCC(C1)N2Cc1ccccc1.Oc1cccc(C2C[C@H]3CC[C@@H](C2)N3)c1.[Br-].[Mg+2]. The van der Waals surface area contributed by atoms with Crippen LogP contribution in [-0.4, -0.2) is 210 Å². The fourth-order valence-corrected chi connectivity index (χ4v) is 26.1. The number of carbonyl (C=O) groups is 1. The number of piperidine rings is 6. The zero-order valence-corrected chi connectivity index (χ0v) is 87.8. The minimum Gasteiger partial charge on any atom is -1.00 e. The molecule has 0 amide bonds. The van der Waals surface area contributed by atoms with Crippen molar-refractivity contribution in [3.8, 4) is 40.2 Å². The van der Waals surface area contributed by atoms with Gasteiger partial charge < -0.3 is 75.9 Å². The average Bonchev–Trinajstić information content (AvgIpc) is 1.63. The van der Waals surface area contributed by atoms with Crippen molar-refractivity contribution >= 4 is 44.5 Å². The Labute approximate surface area is 873 Å². The number of halogens is 4. The maximum Gasteiger partial charge on any atom is 2.00 e. The number of nitrogens with one attached hydrogen (secondary N) is 2. The Balaban J connectivity index is 0.000000125. The fraction of sp³-hybridized carbons (Fsp3) is 0.471. The summed E-state index contributed by atoms with van der Waals surface area (Å²) in [5.74, 6) is 6.86. The van der Waals surface area contributed by atoms with Gasteiger partial charge in [-0.25, -0.2) is 0 Å². The predicted molar refractivity (Wildman–Crippen MR) is 558 cm³/mol. The number of rotatable bonds is 18. The summed E-state index contributed by atoms with van der Waals surface area (Å²) >= 11 is 0. The van der Waals surface area contributed by atoms with Crippen LogP contribution in [0.3, 0.4) is 0 Å². The Hall–Kier alpha value is -9.12. The number of alkyl halides is 3. The average molecular weight is 2040 g/mol. The van der Waals surface area contributed by atoms with Gasteiger partial charge in [-0.3, -0.25) is 19.5 Å². The van der Waals surface area contributed by atoms with E-state index in [1.807, 2.05) is 84.9 Å². The van der Waals surface area contributed by atoms with Gasteiger partial charge in [0.1, 0.15) is 40.3 Å². The van der Waals surface area contributed by atoms with Crippen molar-refractivity contribution in [2.45, 2.75) is 312 Å². The number of ether oxygens (including phenoxy) is 4. The molecule has 18 atom stereocenters. The van der Waals surface area contributed by atoms with Crippen LogP contribution in [0.15, 0.2) is 267 Å². The minimum atomic E-state index is -5.62. The second-order valence-electron chi connectivity index (χ2n) is 41.8. The monoisotopic (exact) mass is 2040 g/mol. The van der Waals surface area contributed by atoms with Crippen LogP contribution in [-0.2, 0) is 40.1 Å². The smallest absolute Gasteiger partial charge is 1.00 e. The van der Waals surface area contributed by atoms with Crippen LogP contribution in [0.4, 0.5) is 13.2 Å². The molecular formula is C119H145BrF3MgN7O11S. The second-order valence-corrected chi connectivity index (χ2v) is 43.3. The summed E-state index contributed by atoms with van der Waals surface area (Å²) in [6.45, 7) is 3.08. The zero-order chi connectivity index (χ0) is 98.2. The fourth-order valence-electron chi connectivity index (χ4n) is 25.6. The molecule has 24 heteroatoms. The third-order valence-electron chi connectivity index (χ3n) is 33.0. The molecule has 10 aromatic carbocycles. The molecule has 24 rings (SSSR count). The quantitative estimate of drug-likeness (QED) is 0.0235. The molecule has 10 unspecified atom stereocenters. The van der Waals surface area contributed by atoms with Crippen LogP contribution in [0, 0.1) is 6.07 Å². The van der Waals surface area contributed by atoms with E-state index in [0.717, 1.165) is 154 Å². The molecule has 18 nitrogen and oxygen atoms in total. The number of phenols is 2. The van der Waals surface area contributed by atoms with Gasteiger partial charge >= 0.3 is 38.7 Å². The minimum absolute atomic E-state index is 0. The van der Waals surface area contributed by atoms with Gasteiger partial charge in [0, 0.05) is 123 Å². The van der Waals surface area contributed by atoms with Crippen molar-refractivity contribution in [1.29, 1.82) is 0 Å². The first-order chi connectivity index (χ1) is 68.3. The van der Waals surface area contributed by atoms with Gasteiger partial charge in [-0.2, -0.15) is 39.8 Å². The Bertz CT molecular complexity index is 5770. The van der Waals surface area contributed by atoms with E-state index in [0.29, 0.717) is 77.5 Å². The van der Waals surface area contributed by atoms with Crippen LogP contribution >= 0.6 is 0 Å². The van der Waals surface area contributed by atoms with E-state index in [-0.39, 0.29) is 51.7 Å². The number of phenolic OH excluding ortho intramolecular Hbond substituents is 2. The number of benzene rings is 10. The summed E-state index contributed by atoms with van der Waals surface area (Å²) in [5.41, 5.74) is 6.74. The summed E-state index contributed by atoms with van der Waals surface area (Å²) in [6, 6.07) is 97.7. The van der Waals surface area contributed by atoms with Crippen LogP contribution in [0.2, 0.25) is 0 Å². The number of fused-ring (bicyclic) bond motifs is 14. The second kappa shape index (κ2) is 50.5. The molecular weight excluding hydrogens is 1900 g/mol. The summed E-state index contributed by atoms with van der Waals surface area (Å²) < 4.78 is 84.6. The molecule has 14 heterocycles. The Morgan fingerprint density at radius 3 is 1.19 bits per heavy atom. The molecule has 143 heavy (non-hydrogen) atoms. The molecule has 0 saturated carbocycles. The van der Waals surface area contributed by atoms with Gasteiger partial charge in [-0.1, -0.05) is 170 Å². The molecule has 758 valence electrons. The van der Waals surface area contributed by atoms with Crippen LogP contribution in [0.5, 0.6) is 40.2 Å². The van der Waals surface area contributed by atoms with Gasteiger partial charge in [-0.05, 0) is 327 Å². The number of carbonyl (C=O) groups excluding carboxylic acids is 1. The number of hydrogen-bond acceptors (Lipinski definition) is 18. The van der Waals surface area contributed by atoms with Crippen molar-refractivity contribution in [3.63, 3.8) is 0 Å². The largest absolute Gasteiger partial charge is 2.00 e. The van der Waals surface area contributed by atoms with Crippen molar-refractivity contribution in [2.24, 2.45) is 0 Å². The number of methoxy groups -OCH3 is 4. The summed E-state index contributed by atoms with van der Waals surface area (Å²) in [4.78, 5) is 24.2. The Kier molecular flexibility index (Phi) is 38.2. The van der Waals surface area contributed by atoms with Gasteiger partial charge in [-0.15, -0.1) is 12.1 Å². The summed E-state index contributed by atoms with van der Waals surface area (Å²) in [5, 5.41) is 37.7.